The van der Waals surface area contributed by atoms with Gasteiger partial charge in [0.05, 0.1) is 6.10 Å². The molecule has 1 nitrogen and oxygen atoms in total. The van der Waals surface area contributed by atoms with Crippen molar-refractivity contribution in [3.05, 3.63) is 34.0 Å². The molecule has 1 N–H and O–H groups in total. The highest BCUT2D eigenvalue weighted by Crippen LogP contribution is 2.26. The Morgan fingerprint density at radius 1 is 1.64 bits per heavy atom. The molecule has 0 saturated heterocycles. The van der Waals surface area contributed by atoms with Gasteiger partial charge in [-0.25, -0.2) is 0 Å². The lowest BCUT2D eigenvalue weighted by atomic mass is 10.1. The third-order valence-electron chi connectivity index (χ3n) is 1.87. The molecule has 0 aliphatic heterocycles. The fourth-order valence-electron chi connectivity index (χ4n) is 0.950. The second kappa shape index (κ2) is 3.20. The average molecular weight is 168 g/mol. The van der Waals surface area contributed by atoms with Crippen LogP contribution in [0.2, 0.25) is 0 Å². The molecule has 1 rings (SSSR count). The highest BCUT2D eigenvalue weighted by Gasteiger charge is 2.09. The maximum absolute atomic E-state index is 9.41. The number of aliphatic hydroxyl groups excluding tert-OH is 1. The van der Waals surface area contributed by atoms with Gasteiger partial charge >= 0.3 is 0 Å². The monoisotopic (exact) mass is 168 g/mol. The van der Waals surface area contributed by atoms with Crippen molar-refractivity contribution in [3.8, 4) is 0 Å². The van der Waals surface area contributed by atoms with Crippen LogP contribution in [0.15, 0.2) is 18.0 Å². The topological polar surface area (TPSA) is 20.2 Å². The summed E-state index contributed by atoms with van der Waals surface area (Å²) >= 11 is 1.67. The van der Waals surface area contributed by atoms with Crippen LogP contribution in [-0.2, 0) is 0 Å². The zero-order valence-corrected chi connectivity index (χ0v) is 7.61. The van der Waals surface area contributed by atoms with Gasteiger partial charge < -0.3 is 5.11 Å². The van der Waals surface area contributed by atoms with Crippen LogP contribution in [0.5, 0.6) is 0 Å². The SMILES string of the molecule is C=CC(O)c1csc(C)c1C. The van der Waals surface area contributed by atoms with Gasteiger partial charge in [-0.2, -0.15) is 0 Å². The minimum Gasteiger partial charge on any atom is -0.384 e. The number of aryl methyl sites for hydroxylation is 1. The molecule has 1 aromatic rings. The van der Waals surface area contributed by atoms with Crippen molar-refractivity contribution in [2.75, 3.05) is 0 Å². The molecule has 1 heterocycles. The maximum atomic E-state index is 9.41. The number of hydrogen-bond acceptors (Lipinski definition) is 2. The lowest BCUT2D eigenvalue weighted by molar-refractivity contribution is 0.229. The van der Waals surface area contributed by atoms with Crippen molar-refractivity contribution in [1.29, 1.82) is 0 Å². The molecule has 1 unspecified atom stereocenters. The molecule has 0 aliphatic rings. The first-order chi connectivity index (χ1) is 5.16. The van der Waals surface area contributed by atoms with Crippen LogP contribution in [0.3, 0.4) is 0 Å². The predicted octanol–water partition coefficient (Wildman–Crippen LogP) is 2.58. The van der Waals surface area contributed by atoms with E-state index in [-0.39, 0.29) is 0 Å². The second-order valence-corrected chi connectivity index (χ2v) is 3.64. The van der Waals surface area contributed by atoms with Crippen molar-refractivity contribution in [2.24, 2.45) is 0 Å². The molecular weight excluding hydrogens is 156 g/mol. The number of hydrogen-bond donors (Lipinski definition) is 1. The number of thiophene rings is 1. The van der Waals surface area contributed by atoms with Crippen LogP contribution >= 0.6 is 11.3 Å². The Morgan fingerprint density at radius 2 is 2.27 bits per heavy atom. The molecule has 2 heteroatoms. The van der Waals surface area contributed by atoms with E-state index >= 15 is 0 Å². The minimum absolute atomic E-state index is 0.500. The van der Waals surface area contributed by atoms with Crippen LogP contribution in [-0.4, -0.2) is 5.11 Å². The van der Waals surface area contributed by atoms with Gasteiger partial charge in [-0.3, -0.25) is 0 Å². The molecular formula is C9H12OS. The van der Waals surface area contributed by atoms with E-state index in [1.807, 2.05) is 12.3 Å². The van der Waals surface area contributed by atoms with Gasteiger partial charge in [0, 0.05) is 4.88 Å². The smallest absolute Gasteiger partial charge is 0.0979 e. The first-order valence-corrected chi connectivity index (χ1v) is 4.40. The summed E-state index contributed by atoms with van der Waals surface area (Å²) in [7, 11) is 0. The Hall–Kier alpha value is -0.600. The summed E-state index contributed by atoms with van der Waals surface area (Å²) in [6, 6.07) is 0. The molecule has 0 amide bonds. The van der Waals surface area contributed by atoms with Crippen molar-refractivity contribution < 1.29 is 5.11 Å². The molecule has 0 fully saturated rings. The van der Waals surface area contributed by atoms with Crippen LogP contribution < -0.4 is 0 Å². The molecule has 1 atom stereocenters. The Labute approximate surface area is 71.0 Å². The third-order valence-corrected chi connectivity index (χ3v) is 2.90. The summed E-state index contributed by atoms with van der Waals surface area (Å²) < 4.78 is 0. The van der Waals surface area contributed by atoms with Crippen molar-refractivity contribution in [3.63, 3.8) is 0 Å². The van der Waals surface area contributed by atoms with Gasteiger partial charge in [-0.15, -0.1) is 17.9 Å². The lowest BCUT2D eigenvalue weighted by Crippen LogP contribution is -1.92. The van der Waals surface area contributed by atoms with Crippen LogP contribution in [0, 0.1) is 13.8 Å². The zero-order valence-electron chi connectivity index (χ0n) is 6.79. The van der Waals surface area contributed by atoms with Gasteiger partial charge in [0.1, 0.15) is 0 Å². The lowest BCUT2D eigenvalue weighted by Gasteiger charge is -2.03. The quantitative estimate of drug-likeness (QED) is 0.673. The van der Waals surface area contributed by atoms with E-state index in [1.165, 1.54) is 10.4 Å². The standard InChI is InChI=1S/C9H12OS/c1-4-9(10)8-5-11-7(3)6(8)2/h4-5,9-10H,1H2,2-3H3. The molecule has 0 spiro atoms. The Morgan fingerprint density at radius 3 is 2.64 bits per heavy atom. The molecule has 11 heavy (non-hydrogen) atoms. The number of rotatable bonds is 2. The Bertz CT molecular complexity index is 263. The Balaban J connectivity index is 3.03. The largest absolute Gasteiger partial charge is 0.384 e. The minimum atomic E-state index is -0.500. The molecule has 0 aliphatic carbocycles. The van der Waals surface area contributed by atoms with E-state index in [1.54, 1.807) is 17.4 Å². The summed E-state index contributed by atoms with van der Waals surface area (Å²) in [6.45, 7) is 7.62. The number of aliphatic hydroxyl groups is 1. The van der Waals surface area contributed by atoms with Crippen molar-refractivity contribution in [2.45, 2.75) is 20.0 Å². The van der Waals surface area contributed by atoms with Crippen LogP contribution in [0.25, 0.3) is 0 Å². The molecule has 1 aromatic heterocycles. The van der Waals surface area contributed by atoms with E-state index in [2.05, 4.69) is 13.5 Å². The van der Waals surface area contributed by atoms with Gasteiger partial charge in [-0.1, -0.05) is 6.08 Å². The summed E-state index contributed by atoms with van der Waals surface area (Å²) in [5.41, 5.74) is 2.17. The first kappa shape index (κ1) is 8.50. The molecule has 0 bridgehead atoms. The molecule has 0 radical (unpaired) electrons. The second-order valence-electron chi connectivity index (χ2n) is 2.55. The third kappa shape index (κ3) is 1.52. The summed E-state index contributed by atoms with van der Waals surface area (Å²) in [5.74, 6) is 0. The van der Waals surface area contributed by atoms with Gasteiger partial charge in [0.25, 0.3) is 0 Å². The van der Waals surface area contributed by atoms with Gasteiger partial charge in [0.2, 0.25) is 0 Å². The van der Waals surface area contributed by atoms with E-state index in [0.29, 0.717) is 0 Å². The molecule has 0 aromatic carbocycles. The van der Waals surface area contributed by atoms with Crippen molar-refractivity contribution in [1.82, 2.24) is 0 Å². The summed E-state index contributed by atoms with van der Waals surface area (Å²) in [4.78, 5) is 1.26. The summed E-state index contributed by atoms with van der Waals surface area (Å²) in [5, 5.41) is 11.4. The van der Waals surface area contributed by atoms with E-state index < -0.39 is 6.10 Å². The van der Waals surface area contributed by atoms with E-state index in [9.17, 15) is 5.11 Å². The predicted molar refractivity (Wildman–Crippen MR) is 48.9 cm³/mol. The van der Waals surface area contributed by atoms with Gasteiger partial charge in [-0.05, 0) is 30.4 Å². The maximum Gasteiger partial charge on any atom is 0.0979 e. The molecule has 0 saturated carbocycles. The van der Waals surface area contributed by atoms with Crippen LogP contribution in [0.4, 0.5) is 0 Å². The van der Waals surface area contributed by atoms with E-state index in [4.69, 9.17) is 0 Å². The Kier molecular flexibility index (Phi) is 2.47. The summed E-state index contributed by atoms with van der Waals surface area (Å²) in [6.07, 6.45) is 1.05. The normalized spacial score (nSPS) is 13.0. The molecule has 60 valence electrons. The fraction of sp³-hybridized carbons (Fsp3) is 0.333. The van der Waals surface area contributed by atoms with Crippen LogP contribution in [0.1, 0.15) is 22.1 Å². The highest BCUT2D eigenvalue weighted by atomic mass is 32.1. The average Bonchev–Trinajstić information content (AvgIpc) is 2.32. The van der Waals surface area contributed by atoms with Gasteiger partial charge in [0.15, 0.2) is 0 Å². The fourth-order valence-corrected chi connectivity index (χ4v) is 1.86. The van der Waals surface area contributed by atoms with E-state index in [0.717, 1.165) is 5.56 Å². The highest BCUT2D eigenvalue weighted by molar-refractivity contribution is 7.10. The van der Waals surface area contributed by atoms with Crippen molar-refractivity contribution >= 4 is 11.3 Å². The first-order valence-electron chi connectivity index (χ1n) is 3.52. The zero-order chi connectivity index (χ0) is 8.43.